The first-order valence-electron chi connectivity index (χ1n) is 6.07. The number of nitrogens with zero attached hydrogens (tertiary/aromatic N) is 2. The molecule has 0 bridgehead atoms. The van der Waals surface area contributed by atoms with E-state index in [2.05, 4.69) is 32.8 Å². The summed E-state index contributed by atoms with van der Waals surface area (Å²) in [7, 11) is 0. The lowest BCUT2D eigenvalue weighted by atomic mass is 10.1. The molecule has 3 nitrogen and oxygen atoms in total. The standard InChI is InChI=1S/C14H11BrClN3S/c1-8(9-2-4-11(16)5-3-9)19-13-12(18-14(19)20)6-10(15)7-17-13/h2-8H,1H3,(H,18,20). The number of H-pyrrole nitrogens is 1. The molecule has 20 heavy (non-hydrogen) atoms. The summed E-state index contributed by atoms with van der Waals surface area (Å²) in [6, 6.07) is 9.84. The van der Waals surface area contributed by atoms with E-state index in [1.165, 1.54) is 0 Å². The van der Waals surface area contributed by atoms with Crippen LogP contribution in [0.2, 0.25) is 5.02 Å². The van der Waals surface area contributed by atoms with Crippen LogP contribution in [0.5, 0.6) is 0 Å². The maximum Gasteiger partial charge on any atom is 0.179 e. The van der Waals surface area contributed by atoms with Crippen LogP contribution in [0, 0.1) is 4.77 Å². The SMILES string of the molecule is CC(c1ccc(Cl)cc1)n1c(=S)[nH]c2cc(Br)cnc21. The topological polar surface area (TPSA) is 33.6 Å². The van der Waals surface area contributed by atoms with E-state index in [9.17, 15) is 0 Å². The second-order valence-corrected chi connectivity index (χ2v) is 6.29. The van der Waals surface area contributed by atoms with Crippen molar-refractivity contribution in [2.45, 2.75) is 13.0 Å². The van der Waals surface area contributed by atoms with Crippen molar-refractivity contribution in [3.63, 3.8) is 0 Å². The Balaban J connectivity index is 2.16. The summed E-state index contributed by atoms with van der Waals surface area (Å²) in [5.74, 6) is 0. The Hall–Kier alpha value is -1.17. The molecule has 102 valence electrons. The highest BCUT2D eigenvalue weighted by Gasteiger charge is 2.14. The Morgan fingerprint density at radius 2 is 2.05 bits per heavy atom. The zero-order valence-electron chi connectivity index (χ0n) is 10.6. The molecular weight excluding hydrogens is 358 g/mol. The summed E-state index contributed by atoms with van der Waals surface area (Å²) in [5, 5.41) is 0.727. The Morgan fingerprint density at radius 1 is 1.35 bits per heavy atom. The molecule has 0 amide bonds. The van der Waals surface area contributed by atoms with Gasteiger partial charge in [0.2, 0.25) is 0 Å². The first-order valence-corrected chi connectivity index (χ1v) is 7.65. The molecule has 0 spiro atoms. The summed E-state index contributed by atoms with van der Waals surface area (Å²) in [5.41, 5.74) is 2.90. The van der Waals surface area contributed by atoms with Gasteiger partial charge in [-0.1, -0.05) is 23.7 Å². The molecule has 1 N–H and O–H groups in total. The zero-order valence-corrected chi connectivity index (χ0v) is 13.8. The number of nitrogens with one attached hydrogen (secondary N) is 1. The predicted octanol–water partition coefficient (Wildman–Crippen LogP) is 5.12. The number of imidazole rings is 1. The number of halogens is 2. The molecule has 0 fully saturated rings. The predicted molar refractivity (Wildman–Crippen MR) is 87.9 cm³/mol. The highest BCUT2D eigenvalue weighted by Crippen LogP contribution is 2.25. The third-order valence-electron chi connectivity index (χ3n) is 3.26. The third kappa shape index (κ3) is 2.41. The average Bonchev–Trinajstić information content (AvgIpc) is 2.73. The van der Waals surface area contributed by atoms with Crippen molar-refractivity contribution in [3.8, 4) is 0 Å². The molecule has 0 saturated heterocycles. The van der Waals surface area contributed by atoms with Gasteiger partial charge >= 0.3 is 0 Å². The third-order valence-corrected chi connectivity index (χ3v) is 4.25. The molecule has 3 aromatic rings. The second-order valence-electron chi connectivity index (χ2n) is 4.55. The largest absolute Gasteiger partial charge is 0.329 e. The monoisotopic (exact) mass is 367 g/mol. The Kier molecular flexibility index (Phi) is 3.67. The number of fused-ring (bicyclic) bond motifs is 1. The number of aromatic nitrogens is 3. The summed E-state index contributed by atoms with van der Waals surface area (Å²) in [6.45, 7) is 2.09. The minimum atomic E-state index is 0.0854. The van der Waals surface area contributed by atoms with Crippen molar-refractivity contribution < 1.29 is 0 Å². The number of pyridine rings is 1. The Bertz CT molecular complexity index is 823. The second kappa shape index (κ2) is 5.31. The van der Waals surface area contributed by atoms with E-state index in [0.29, 0.717) is 4.77 Å². The van der Waals surface area contributed by atoms with Crippen molar-refractivity contribution >= 4 is 50.9 Å². The molecule has 0 aliphatic rings. The smallest absolute Gasteiger partial charge is 0.179 e. The minimum absolute atomic E-state index is 0.0854. The fraction of sp³-hybridized carbons (Fsp3) is 0.143. The van der Waals surface area contributed by atoms with Crippen LogP contribution in [-0.2, 0) is 0 Å². The van der Waals surface area contributed by atoms with E-state index < -0.39 is 0 Å². The van der Waals surface area contributed by atoms with Crippen molar-refractivity contribution in [2.75, 3.05) is 0 Å². The van der Waals surface area contributed by atoms with Crippen LogP contribution in [0.15, 0.2) is 41.0 Å². The van der Waals surface area contributed by atoms with Gasteiger partial charge in [0.25, 0.3) is 0 Å². The maximum atomic E-state index is 5.93. The lowest BCUT2D eigenvalue weighted by molar-refractivity contribution is 0.644. The molecule has 1 unspecified atom stereocenters. The first kappa shape index (κ1) is 13.8. The fourth-order valence-corrected chi connectivity index (χ4v) is 3.05. The van der Waals surface area contributed by atoms with Crippen LogP contribution in [0.1, 0.15) is 18.5 Å². The minimum Gasteiger partial charge on any atom is -0.329 e. The van der Waals surface area contributed by atoms with Gasteiger partial charge in [-0.15, -0.1) is 0 Å². The Labute approximate surface area is 134 Å². The molecule has 3 rings (SSSR count). The van der Waals surface area contributed by atoms with Crippen molar-refractivity contribution in [1.82, 2.24) is 14.5 Å². The summed E-state index contributed by atoms with van der Waals surface area (Å²) < 4.78 is 3.60. The van der Waals surface area contributed by atoms with E-state index in [1.807, 2.05) is 34.9 Å². The van der Waals surface area contributed by atoms with Gasteiger partial charge in [-0.3, -0.25) is 4.57 Å². The molecule has 0 aliphatic heterocycles. The van der Waals surface area contributed by atoms with Gasteiger partial charge in [0.1, 0.15) is 0 Å². The number of aromatic amines is 1. The van der Waals surface area contributed by atoms with E-state index in [0.717, 1.165) is 26.2 Å². The van der Waals surface area contributed by atoms with Crippen LogP contribution < -0.4 is 0 Å². The lowest BCUT2D eigenvalue weighted by Crippen LogP contribution is -2.07. The Morgan fingerprint density at radius 3 is 2.75 bits per heavy atom. The van der Waals surface area contributed by atoms with E-state index in [-0.39, 0.29) is 6.04 Å². The normalized spacial score (nSPS) is 12.8. The highest BCUT2D eigenvalue weighted by atomic mass is 79.9. The maximum absolute atomic E-state index is 5.93. The van der Waals surface area contributed by atoms with Gasteiger partial charge in [-0.05, 0) is 58.8 Å². The number of rotatable bonds is 2. The number of hydrogen-bond donors (Lipinski definition) is 1. The summed E-state index contributed by atoms with van der Waals surface area (Å²) in [4.78, 5) is 7.65. The molecule has 2 heterocycles. The molecule has 1 aromatic carbocycles. The molecule has 6 heteroatoms. The van der Waals surface area contributed by atoms with Crippen molar-refractivity contribution in [1.29, 1.82) is 0 Å². The molecule has 2 aromatic heterocycles. The molecule has 0 saturated carbocycles. The molecule has 1 atom stereocenters. The van der Waals surface area contributed by atoms with Gasteiger partial charge in [0, 0.05) is 15.7 Å². The number of hydrogen-bond acceptors (Lipinski definition) is 2. The van der Waals surface area contributed by atoms with E-state index in [4.69, 9.17) is 23.8 Å². The van der Waals surface area contributed by atoms with Gasteiger partial charge < -0.3 is 4.98 Å². The van der Waals surface area contributed by atoms with Gasteiger partial charge in [-0.2, -0.15) is 0 Å². The summed E-state index contributed by atoms with van der Waals surface area (Å²) in [6.07, 6.45) is 1.77. The molecule has 0 radical (unpaired) electrons. The van der Waals surface area contributed by atoms with Gasteiger partial charge in [0.05, 0.1) is 11.6 Å². The fourth-order valence-electron chi connectivity index (χ4n) is 2.24. The van der Waals surface area contributed by atoms with Gasteiger partial charge in [0.15, 0.2) is 10.4 Å². The summed E-state index contributed by atoms with van der Waals surface area (Å²) >= 11 is 14.8. The van der Waals surface area contributed by atoms with Crippen LogP contribution >= 0.6 is 39.7 Å². The van der Waals surface area contributed by atoms with E-state index in [1.54, 1.807) is 6.20 Å². The van der Waals surface area contributed by atoms with Crippen LogP contribution in [0.25, 0.3) is 11.2 Å². The van der Waals surface area contributed by atoms with Crippen LogP contribution in [0.3, 0.4) is 0 Å². The molecule has 0 aliphatic carbocycles. The lowest BCUT2D eigenvalue weighted by Gasteiger charge is -2.14. The van der Waals surface area contributed by atoms with Crippen molar-refractivity contribution in [3.05, 3.63) is 56.4 Å². The number of benzene rings is 1. The van der Waals surface area contributed by atoms with Crippen molar-refractivity contribution in [2.24, 2.45) is 0 Å². The van der Waals surface area contributed by atoms with Crippen LogP contribution in [0.4, 0.5) is 0 Å². The zero-order chi connectivity index (χ0) is 14.3. The highest BCUT2D eigenvalue weighted by molar-refractivity contribution is 9.10. The average molecular weight is 369 g/mol. The van der Waals surface area contributed by atoms with Gasteiger partial charge in [-0.25, -0.2) is 4.98 Å². The van der Waals surface area contributed by atoms with Crippen LogP contribution in [-0.4, -0.2) is 14.5 Å². The quantitative estimate of drug-likeness (QED) is 0.637. The first-order chi connectivity index (χ1) is 9.56. The van der Waals surface area contributed by atoms with E-state index >= 15 is 0 Å². The molecular formula is C14H11BrClN3S.